The molecule has 11 heteroatoms. The number of aliphatic hydroxyl groups excluding tert-OH is 2. The summed E-state index contributed by atoms with van der Waals surface area (Å²) >= 11 is 2.81. The van der Waals surface area contributed by atoms with Gasteiger partial charge in [0.2, 0.25) is 0 Å². The smallest absolute Gasteiger partial charge is 0.170 e. The minimum Gasteiger partial charge on any atom is -0.394 e. The van der Waals surface area contributed by atoms with Gasteiger partial charge in [0, 0.05) is 23.1 Å². The number of ether oxygens (including phenoxy) is 2. The highest BCUT2D eigenvalue weighted by Crippen LogP contribution is 2.36. The Bertz CT molecular complexity index is 753. The Balaban J connectivity index is 1.86. The molecule has 1 saturated heterocycles. The van der Waals surface area contributed by atoms with E-state index in [1.54, 1.807) is 11.7 Å². The van der Waals surface area contributed by atoms with Crippen LogP contribution in [0.4, 0.5) is 0 Å². The number of nitrogens with zero attached hydrogens (tertiary/aromatic N) is 5. The van der Waals surface area contributed by atoms with E-state index in [1.165, 1.54) is 30.2 Å². The Kier molecular flexibility index (Phi) is 5.51. The van der Waals surface area contributed by atoms with Crippen LogP contribution in [0.5, 0.6) is 0 Å². The number of hydrogen-bond acceptors (Lipinski definition) is 9. The van der Waals surface area contributed by atoms with Gasteiger partial charge in [-0.15, -0.1) is 11.3 Å². The van der Waals surface area contributed by atoms with Crippen molar-refractivity contribution in [2.45, 2.75) is 34.7 Å². The Morgan fingerprint density at radius 3 is 3.08 bits per heavy atom. The third-order valence-corrected chi connectivity index (χ3v) is 5.57. The van der Waals surface area contributed by atoms with E-state index >= 15 is 0 Å². The minimum atomic E-state index is -1.14. The van der Waals surface area contributed by atoms with Crippen molar-refractivity contribution in [3.8, 4) is 0 Å². The number of aliphatic hydroxyl groups is 2. The van der Waals surface area contributed by atoms with E-state index in [0.717, 1.165) is 9.60 Å². The summed E-state index contributed by atoms with van der Waals surface area (Å²) in [5, 5.41) is 23.2. The van der Waals surface area contributed by atoms with Gasteiger partial charge in [0.1, 0.15) is 17.6 Å². The highest BCUT2D eigenvalue weighted by atomic mass is 32.2. The van der Waals surface area contributed by atoms with E-state index in [2.05, 4.69) is 20.0 Å². The molecule has 1 aliphatic rings. The number of thioether (sulfide) groups is 1. The Morgan fingerprint density at radius 2 is 2.38 bits per heavy atom. The molecule has 2 N–H and O–H groups in total. The van der Waals surface area contributed by atoms with Crippen LogP contribution < -0.4 is 0 Å². The molecule has 0 radical (unpaired) electrons. The van der Waals surface area contributed by atoms with Crippen LogP contribution in [0.2, 0.25) is 0 Å². The van der Waals surface area contributed by atoms with Gasteiger partial charge >= 0.3 is 0 Å². The van der Waals surface area contributed by atoms with Crippen molar-refractivity contribution in [2.75, 3.05) is 13.7 Å². The molecular weight excluding hydrogens is 354 g/mol. The van der Waals surface area contributed by atoms with E-state index < -0.39 is 36.4 Å². The van der Waals surface area contributed by atoms with Crippen LogP contribution in [0.3, 0.4) is 0 Å². The van der Waals surface area contributed by atoms with Crippen molar-refractivity contribution >= 4 is 33.4 Å². The van der Waals surface area contributed by atoms with Crippen LogP contribution in [-0.4, -0.2) is 63.7 Å². The molecule has 0 bridgehead atoms. The molecule has 3 rings (SSSR count). The Labute approximate surface area is 145 Å². The molecule has 2 aromatic heterocycles. The summed E-state index contributed by atoms with van der Waals surface area (Å²) in [4.78, 5) is 12.0. The summed E-state index contributed by atoms with van der Waals surface area (Å²) < 4.78 is 12.1. The van der Waals surface area contributed by atoms with E-state index in [4.69, 9.17) is 15.0 Å². The van der Waals surface area contributed by atoms with Crippen LogP contribution in [0.25, 0.3) is 20.8 Å². The second-order valence-corrected chi connectivity index (χ2v) is 7.13. The summed E-state index contributed by atoms with van der Waals surface area (Å²) in [6, 6.07) is 1.07. The Morgan fingerprint density at radius 1 is 1.54 bits per heavy atom. The molecule has 5 atom stereocenters. The first-order valence-electron chi connectivity index (χ1n) is 7.05. The molecule has 128 valence electrons. The number of aromatic nitrogens is 2. The van der Waals surface area contributed by atoms with Crippen LogP contribution in [0, 0.1) is 0 Å². The van der Waals surface area contributed by atoms with Crippen LogP contribution in [0.15, 0.2) is 27.8 Å². The molecule has 2 aromatic rings. The van der Waals surface area contributed by atoms with Crippen molar-refractivity contribution in [1.29, 1.82) is 0 Å². The van der Waals surface area contributed by atoms with Gasteiger partial charge in [0.15, 0.2) is 5.65 Å². The average Bonchev–Trinajstić information content (AvgIpc) is 3.05. The monoisotopic (exact) mass is 369 g/mol. The molecule has 24 heavy (non-hydrogen) atoms. The summed E-state index contributed by atoms with van der Waals surface area (Å²) in [5.41, 5.74) is 10.6. The molecule has 1 fully saturated rings. The number of methoxy groups -OCH3 is 1. The number of pyridine rings is 1. The lowest BCUT2D eigenvalue weighted by Crippen LogP contribution is -2.57. The predicted molar refractivity (Wildman–Crippen MR) is 88.8 cm³/mol. The largest absolute Gasteiger partial charge is 0.394 e. The van der Waals surface area contributed by atoms with Crippen molar-refractivity contribution in [3.05, 3.63) is 28.2 Å². The zero-order valence-corrected chi connectivity index (χ0v) is 14.2. The molecule has 0 saturated carbocycles. The number of rotatable bonds is 5. The van der Waals surface area contributed by atoms with E-state index in [-0.39, 0.29) is 0 Å². The first-order valence-corrected chi connectivity index (χ1v) is 8.81. The van der Waals surface area contributed by atoms with Gasteiger partial charge in [-0.3, -0.25) is 0 Å². The van der Waals surface area contributed by atoms with Gasteiger partial charge in [0.05, 0.1) is 29.0 Å². The molecule has 9 nitrogen and oxygen atoms in total. The summed E-state index contributed by atoms with van der Waals surface area (Å²) in [7, 11) is 1.46. The first-order chi connectivity index (χ1) is 11.7. The lowest BCUT2D eigenvalue weighted by molar-refractivity contribution is -0.167. The fourth-order valence-corrected chi connectivity index (χ4v) is 4.45. The highest BCUT2D eigenvalue weighted by molar-refractivity contribution is 7.99. The van der Waals surface area contributed by atoms with E-state index in [0.29, 0.717) is 5.65 Å². The quantitative estimate of drug-likeness (QED) is 0.464. The molecule has 3 unspecified atom stereocenters. The number of azide groups is 1. The van der Waals surface area contributed by atoms with Crippen LogP contribution >= 0.6 is 23.1 Å². The molecule has 0 aromatic carbocycles. The zero-order chi connectivity index (χ0) is 17.1. The van der Waals surface area contributed by atoms with Crippen LogP contribution in [0.1, 0.15) is 0 Å². The maximum Gasteiger partial charge on any atom is 0.170 e. The highest BCUT2D eigenvalue weighted by Gasteiger charge is 2.45. The van der Waals surface area contributed by atoms with Gasteiger partial charge in [-0.1, -0.05) is 16.9 Å². The molecule has 3 heterocycles. The molecule has 0 amide bonds. The fourth-order valence-electron chi connectivity index (χ4n) is 2.53. The zero-order valence-electron chi connectivity index (χ0n) is 12.6. The summed E-state index contributed by atoms with van der Waals surface area (Å²) in [6.07, 6.45) is -0.996. The third kappa shape index (κ3) is 3.33. The van der Waals surface area contributed by atoms with Crippen molar-refractivity contribution < 1.29 is 19.7 Å². The summed E-state index contributed by atoms with van der Waals surface area (Å²) in [5.74, 6) is 0. The van der Waals surface area contributed by atoms with Gasteiger partial charge < -0.3 is 19.7 Å². The standard InChI is InChI=1S/C13H15N5O4S2/c1-21-11-9(17-18-14)10(20)7(4-19)22-13(11)24-6-2-8-12(15-3-6)16-5-23-8/h2-3,5,7,9-11,13,19-20H,4H2,1H3/t7?,9?,10-,11?,13+/m0/s1. The topological polar surface area (TPSA) is 133 Å². The van der Waals surface area contributed by atoms with E-state index in [1.807, 2.05) is 6.07 Å². The molecule has 1 aliphatic heterocycles. The van der Waals surface area contributed by atoms with Crippen molar-refractivity contribution in [1.82, 2.24) is 9.97 Å². The first kappa shape index (κ1) is 17.4. The average molecular weight is 369 g/mol. The normalized spacial score (nSPS) is 30.2. The minimum absolute atomic E-state index is 0.391. The van der Waals surface area contributed by atoms with E-state index in [9.17, 15) is 10.2 Å². The van der Waals surface area contributed by atoms with Gasteiger partial charge in [-0.2, -0.15) is 0 Å². The van der Waals surface area contributed by atoms with Crippen molar-refractivity contribution in [2.24, 2.45) is 5.11 Å². The predicted octanol–water partition coefficient (Wildman–Crippen LogP) is 1.56. The molecule has 0 spiro atoms. The lowest BCUT2D eigenvalue weighted by Gasteiger charge is -2.41. The van der Waals surface area contributed by atoms with Crippen LogP contribution in [-0.2, 0) is 9.47 Å². The lowest BCUT2D eigenvalue weighted by atomic mass is 9.98. The second kappa shape index (κ2) is 7.62. The van der Waals surface area contributed by atoms with Crippen molar-refractivity contribution in [3.63, 3.8) is 0 Å². The van der Waals surface area contributed by atoms with Gasteiger partial charge in [0.25, 0.3) is 0 Å². The fraction of sp³-hybridized carbons (Fsp3) is 0.538. The second-order valence-electron chi connectivity index (χ2n) is 5.07. The maximum absolute atomic E-state index is 10.2. The SMILES string of the molecule is COC1C(N=[N+]=[N-])[C@@H](O)C(CO)O[C@@H]1Sc1cnc2ncsc2c1. The molecular formula is C13H15N5O4S2. The molecule has 0 aliphatic carbocycles. The Hall–Kier alpha value is -1.46. The number of hydrogen-bond donors (Lipinski definition) is 2. The maximum atomic E-state index is 10.2. The number of thiazole rings is 1. The third-order valence-electron chi connectivity index (χ3n) is 3.70. The summed E-state index contributed by atoms with van der Waals surface area (Å²) in [6.45, 7) is -0.391. The number of fused-ring (bicyclic) bond motifs is 1. The van der Waals surface area contributed by atoms with Gasteiger partial charge in [-0.25, -0.2) is 9.97 Å². The van der Waals surface area contributed by atoms with Gasteiger partial charge in [-0.05, 0) is 11.6 Å².